The van der Waals surface area contributed by atoms with Gasteiger partial charge in [-0.15, -0.1) is 0 Å². The fourth-order valence-corrected chi connectivity index (χ4v) is 7.14. The molecule has 0 aromatic carbocycles. The van der Waals surface area contributed by atoms with Crippen molar-refractivity contribution in [2.24, 2.45) is 5.73 Å². The van der Waals surface area contributed by atoms with E-state index in [1.54, 1.807) is 0 Å². The summed E-state index contributed by atoms with van der Waals surface area (Å²) in [6, 6.07) is 0. The summed E-state index contributed by atoms with van der Waals surface area (Å²) in [5, 5.41) is 0. The predicted molar refractivity (Wildman–Crippen MR) is 293 cm³/mol. The number of hydrogen-bond donors (Lipinski definition) is 2. The molecule has 0 aliphatic heterocycles. The lowest BCUT2D eigenvalue weighted by Crippen LogP contribution is -2.29. The maximum Gasteiger partial charge on any atom is 0.472 e. The first-order chi connectivity index (χ1) is 33.8. The van der Waals surface area contributed by atoms with E-state index in [2.05, 4.69) is 160 Å². The summed E-state index contributed by atoms with van der Waals surface area (Å²) in [5.41, 5.74) is 5.35. The van der Waals surface area contributed by atoms with Crippen LogP contribution >= 0.6 is 7.82 Å². The van der Waals surface area contributed by atoms with E-state index in [-0.39, 0.29) is 32.6 Å². The van der Waals surface area contributed by atoms with E-state index in [4.69, 9.17) is 24.3 Å². The Hall–Kier alpha value is -4.11. The van der Waals surface area contributed by atoms with Crippen LogP contribution in [0.2, 0.25) is 0 Å². The Morgan fingerprint density at radius 1 is 0.449 bits per heavy atom. The molecular weight excluding hydrogens is 882 g/mol. The van der Waals surface area contributed by atoms with Gasteiger partial charge in [-0.3, -0.25) is 18.6 Å². The Bertz CT molecular complexity index is 1630. The van der Waals surface area contributed by atoms with Crippen LogP contribution in [-0.4, -0.2) is 49.3 Å². The van der Waals surface area contributed by atoms with Crippen LogP contribution in [-0.2, 0) is 32.7 Å². The van der Waals surface area contributed by atoms with Crippen LogP contribution in [0.15, 0.2) is 146 Å². The molecule has 0 radical (unpaired) electrons. The zero-order chi connectivity index (χ0) is 50.2. The van der Waals surface area contributed by atoms with Crippen LogP contribution in [0.1, 0.15) is 181 Å². The summed E-state index contributed by atoms with van der Waals surface area (Å²) in [6.45, 7) is 3.51. The molecule has 2 unspecified atom stereocenters. The maximum atomic E-state index is 12.6. The van der Waals surface area contributed by atoms with Gasteiger partial charge < -0.3 is 20.1 Å². The molecule has 2 atom stereocenters. The third-order valence-corrected chi connectivity index (χ3v) is 11.2. The molecule has 0 bridgehead atoms. The Kier molecular flexibility index (Phi) is 50.1. The second-order valence-electron chi connectivity index (χ2n) is 16.7. The number of carbonyl (C=O) groups is 2. The number of phosphoric ester groups is 1. The average Bonchev–Trinajstić information content (AvgIpc) is 3.34. The third kappa shape index (κ3) is 53.1. The predicted octanol–water partition coefficient (Wildman–Crippen LogP) is 16.4. The highest BCUT2D eigenvalue weighted by atomic mass is 31.2. The molecule has 0 rings (SSSR count). The Morgan fingerprint density at radius 3 is 1.19 bits per heavy atom. The molecule has 0 heterocycles. The topological polar surface area (TPSA) is 134 Å². The van der Waals surface area contributed by atoms with Gasteiger partial charge in [0.1, 0.15) is 6.61 Å². The standard InChI is InChI=1S/C59H94NO8P/c1-3-5-7-9-11-13-14-15-16-17-18-19-20-21-22-23-24-25-26-27-28-29-30-31-32-33-34-35-36-37-38-39-40-41-42-44-46-48-50-52-59(62)68-57(56-67-69(63,64)66-54-53-60)55-65-58(61)51-49-47-45-43-12-10-8-6-4-2/h5,7,11,13,15-16,18-19,21-22,24-25,27-28,30-31,33-34,36-37,39-40,42,44,57H,3-4,6,8-10,12,14,17,20,23,26,29,32,35,38,41,43,45-56,60H2,1-2H3,(H,63,64)/b7-5-,13-11-,16-15-,19-18-,22-21-,25-24-,28-27-,31-30-,34-33-,37-36-,40-39-,44-42-. The molecule has 0 fully saturated rings. The molecule has 0 amide bonds. The highest BCUT2D eigenvalue weighted by Gasteiger charge is 2.26. The van der Waals surface area contributed by atoms with Crippen molar-refractivity contribution >= 4 is 19.8 Å². The molecule has 0 spiro atoms. The van der Waals surface area contributed by atoms with Crippen LogP contribution in [0.4, 0.5) is 0 Å². The first-order valence-corrected chi connectivity index (χ1v) is 27.8. The van der Waals surface area contributed by atoms with Crippen molar-refractivity contribution in [2.75, 3.05) is 26.4 Å². The average molecular weight is 976 g/mol. The number of unbranched alkanes of at least 4 members (excludes halogenated alkanes) is 10. The van der Waals surface area contributed by atoms with Crippen molar-refractivity contribution in [2.45, 2.75) is 187 Å². The second kappa shape index (κ2) is 53.2. The molecule has 0 saturated carbocycles. The van der Waals surface area contributed by atoms with Crippen LogP contribution in [0.5, 0.6) is 0 Å². The van der Waals surface area contributed by atoms with E-state index in [0.717, 1.165) is 109 Å². The smallest absolute Gasteiger partial charge is 0.462 e. The highest BCUT2D eigenvalue weighted by molar-refractivity contribution is 7.47. The summed E-state index contributed by atoms with van der Waals surface area (Å²) < 4.78 is 32.7. The van der Waals surface area contributed by atoms with Gasteiger partial charge in [0.2, 0.25) is 0 Å². The van der Waals surface area contributed by atoms with Crippen LogP contribution < -0.4 is 5.73 Å². The van der Waals surface area contributed by atoms with Crippen LogP contribution in [0.25, 0.3) is 0 Å². The van der Waals surface area contributed by atoms with Gasteiger partial charge in [-0.1, -0.05) is 211 Å². The van der Waals surface area contributed by atoms with E-state index < -0.39 is 32.5 Å². The summed E-state index contributed by atoms with van der Waals surface area (Å²) in [7, 11) is -4.40. The minimum absolute atomic E-state index is 0.0394. The van der Waals surface area contributed by atoms with E-state index in [9.17, 15) is 19.0 Å². The van der Waals surface area contributed by atoms with Crippen molar-refractivity contribution in [1.82, 2.24) is 0 Å². The molecular formula is C59H94NO8P. The molecule has 0 aliphatic rings. The Labute approximate surface area is 420 Å². The Balaban J connectivity index is 4.08. The molecule has 69 heavy (non-hydrogen) atoms. The molecule has 10 heteroatoms. The Morgan fingerprint density at radius 2 is 0.797 bits per heavy atom. The van der Waals surface area contributed by atoms with E-state index >= 15 is 0 Å². The first kappa shape index (κ1) is 64.9. The van der Waals surface area contributed by atoms with Gasteiger partial charge in [-0.25, -0.2) is 4.57 Å². The largest absolute Gasteiger partial charge is 0.472 e. The molecule has 0 saturated heterocycles. The minimum atomic E-state index is -4.40. The van der Waals surface area contributed by atoms with E-state index in [0.29, 0.717) is 6.42 Å². The van der Waals surface area contributed by atoms with Crippen molar-refractivity contribution in [3.63, 3.8) is 0 Å². The lowest BCUT2D eigenvalue weighted by Gasteiger charge is -2.19. The number of phosphoric acid groups is 1. The fourth-order valence-electron chi connectivity index (χ4n) is 6.38. The minimum Gasteiger partial charge on any atom is -0.462 e. The van der Waals surface area contributed by atoms with Gasteiger partial charge >= 0.3 is 19.8 Å². The summed E-state index contributed by atoms with van der Waals surface area (Å²) in [6.07, 6.45) is 76.4. The van der Waals surface area contributed by atoms with Crippen molar-refractivity contribution in [3.8, 4) is 0 Å². The zero-order valence-corrected chi connectivity index (χ0v) is 43.9. The van der Waals surface area contributed by atoms with E-state index in [1.807, 2.05) is 0 Å². The number of carbonyl (C=O) groups excluding carboxylic acids is 2. The van der Waals surface area contributed by atoms with Crippen molar-refractivity contribution < 1.29 is 37.6 Å². The number of hydrogen-bond acceptors (Lipinski definition) is 8. The summed E-state index contributed by atoms with van der Waals surface area (Å²) in [4.78, 5) is 34.8. The first-order valence-electron chi connectivity index (χ1n) is 26.3. The molecule has 388 valence electrons. The molecule has 0 aromatic heterocycles. The van der Waals surface area contributed by atoms with Crippen LogP contribution in [0.3, 0.4) is 0 Å². The molecule has 3 N–H and O–H groups in total. The number of rotatable bonds is 47. The quantitative estimate of drug-likeness (QED) is 0.0264. The number of allylic oxidation sites excluding steroid dienone is 24. The number of nitrogens with two attached hydrogens (primary N) is 1. The van der Waals surface area contributed by atoms with Gasteiger partial charge in [-0.05, 0) is 103 Å². The third-order valence-electron chi connectivity index (χ3n) is 10.2. The number of esters is 2. The molecule has 0 aromatic rings. The number of ether oxygens (including phenoxy) is 2. The van der Waals surface area contributed by atoms with Crippen molar-refractivity contribution in [3.05, 3.63) is 146 Å². The van der Waals surface area contributed by atoms with Gasteiger partial charge in [0, 0.05) is 19.4 Å². The van der Waals surface area contributed by atoms with Crippen molar-refractivity contribution in [1.29, 1.82) is 0 Å². The van der Waals surface area contributed by atoms with Gasteiger partial charge in [0.25, 0.3) is 0 Å². The maximum absolute atomic E-state index is 12.6. The van der Waals surface area contributed by atoms with Gasteiger partial charge in [0.15, 0.2) is 6.10 Å². The lowest BCUT2D eigenvalue weighted by atomic mass is 10.1. The normalized spacial score (nSPS) is 14.3. The molecule has 9 nitrogen and oxygen atoms in total. The molecule has 0 aliphatic carbocycles. The lowest BCUT2D eigenvalue weighted by molar-refractivity contribution is -0.161. The van der Waals surface area contributed by atoms with E-state index in [1.165, 1.54) is 38.5 Å². The second-order valence-corrected chi connectivity index (χ2v) is 18.1. The van der Waals surface area contributed by atoms with Gasteiger partial charge in [-0.2, -0.15) is 0 Å². The summed E-state index contributed by atoms with van der Waals surface area (Å²) in [5.74, 6) is -0.895. The zero-order valence-electron chi connectivity index (χ0n) is 43.0. The highest BCUT2D eigenvalue weighted by Crippen LogP contribution is 2.43. The summed E-state index contributed by atoms with van der Waals surface area (Å²) >= 11 is 0. The fraction of sp³-hybridized carbons (Fsp3) is 0.559. The van der Waals surface area contributed by atoms with Crippen LogP contribution in [0, 0.1) is 0 Å². The van der Waals surface area contributed by atoms with Gasteiger partial charge in [0.05, 0.1) is 13.2 Å². The monoisotopic (exact) mass is 976 g/mol. The SMILES string of the molecule is CC/C=C\C/C=C\C/C=C\C/C=C\C/C=C\C/C=C\C/C=C\C/C=C\C/C=C\C/C=C\C/C=C\C/C=C\CCCCC(=O)OC(COC(=O)CCCCCCCCCCC)COP(=O)(O)OCCN.